The van der Waals surface area contributed by atoms with Gasteiger partial charge in [-0.15, -0.1) is 11.3 Å². The van der Waals surface area contributed by atoms with Crippen molar-refractivity contribution in [2.45, 2.75) is 33.1 Å². The van der Waals surface area contributed by atoms with E-state index in [0.717, 1.165) is 22.0 Å². The molecule has 19 heavy (non-hydrogen) atoms. The molecule has 0 saturated heterocycles. The number of hydrogen-bond donors (Lipinski definition) is 1. The van der Waals surface area contributed by atoms with E-state index in [1.807, 2.05) is 36.6 Å². The van der Waals surface area contributed by atoms with Gasteiger partial charge in [0.25, 0.3) is 0 Å². The fraction of sp³-hybridized carbons (Fsp3) is 0.333. The predicted molar refractivity (Wildman–Crippen MR) is 79.7 cm³/mol. The van der Waals surface area contributed by atoms with Gasteiger partial charge in [0.05, 0.1) is 17.1 Å². The van der Waals surface area contributed by atoms with E-state index in [1.165, 1.54) is 0 Å². The Labute approximate surface area is 117 Å². The number of aromatic nitrogens is 1. The van der Waals surface area contributed by atoms with Crippen LogP contribution in [0, 0.1) is 6.92 Å². The van der Waals surface area contributed by atoms with Gasteiger partial charge in [-0.1, -0.05) is 32.0 Å². The zero-order valence-corrected chi connectivity index (χ0v) is 12.3. The van der Waals surface area contributed by atoms with Crippen LogP contribution in [0.5, 0.6) is 0 Å². The Morgan fingerprint density at radius 2 is 2.11 bits per heavy atom. The van der Waals surface area contributed by atoms with E-state index in [9.17, 15) is 4.79 Å². The number of benzene rings is 1. The summed E-state index contributed by atoms with van der Waals surface area (Å²) in [7, 11) is 0. The standard InChI is InChI=1S/C15H18N2OS/c1-10(2)15-16-12(9-19-15)8-14(18)17-13-7-5-4-6-11(13)3/h4-7,9-10H,8H2,1-3H3,(H,17,18). The van der Waals surface area contributed by atoms with Crippen LogP contribution in [0.3, 0.4) is 0 Å². The van der Waals surface area contributed by atoms with E-state index < -0.39 is 0 Å². The highest BCUT2D eigenvalue weighted by Crippen LogP contribution is 2.20. The van der Waals surface area contributed by atoms with Gasteiger partial charge in [0, 0.05) is 17.0 Å². The molecule has 0 fully saturated rings. The quantitative estimate of drug-likeness (QED) is 0.922. The molecule has 0 aliphatic heterocycles. The second-order valence-corrected chi connectivity index (χ2v) is 5.76. The molecule has 1 heterocycles. The number of amides is 1. The SMILES string of the molecule is Cc1ccccc1NC(=O)Cc1csc(C(C)C)n1. The molecule has 1 amide bonds. The van der Waals surface area contributed by atoms with Crippen LogP contribution in [0.1, 0.15) is 36.0 Å². The molecule has 0 aliphatic carbocycles. The van der Waals surface area contributed by atoms with Crippen molar-refractivity contribution in [1.29, 1.82) is 0 Å². The van der Waals surface area contributed by atoms with Crippen LogP contribution in [-0.2, 0) is 11.2 Å². The Kier molecular flexibility index (Phi) is 4.32. The second kappa shape index (κ2) is 5.97. The molecule has 1 aromatic carbocycles. The maximum atomic E-state index is 12.0. The first-order valence-corrected chi connectivity index (χ1v) is 7.24. The summed E-state index contributed by atoms with van der Waals surface area (Å²) in [5.41, 5.74) is 2.78. The summed E-state index contributed by atoms with van der Waals surface area (Å²) >= 11 is 1.62. The average molecular weight is 274 g/mol. The van der Waals surface area contributed by atoms with Gasteiger partial charge < -0.3 is 5.32 Å². The summed E-state index contributed by atoms with van der Waals surface area (Å²) in [6, 6.07) is 7.77. The summed E-state index contributed by atoms with van der Waals surface area (Å²) < 4.78 is 0. The minimum Gasteiger partial charge on any atom is -0.326 e. The summed E-state index contributed by atoms with van der Waals surface area (Å²) in [6.45, 7) is 6.20. The van der Waals surface area contributed by atoms with Gasteiger partial charge in [0.15, 0.2) is 0 Å². The molecule has 1 aromatic heterocycles. The first-order chi connectivity index (χ1) is 9.06. The number of carbonyl (C=O) groups excluding carboxylic acids is 1. The van der Waals surface area contributed by atoms with Gasteiger partial charge in [-0.05, 0) is 18.6 Å². The van der Waals surface area contributed by atoms with Crippen LogP contribution < -0.4 is 5.32 Å². The lowest BCUT2D eigenvalue weighted by Crippen LogP contribution is -2.15. The lowest BCUT2D eigenvalue weighted by molar-refractivity contribution is -0.115. The zero-order valence-electron chi connectivity index (χ0n) is 11.4. The molecular weight excluding hydrogens is 256 g/mol. The number of anilines is 1. The van der Waals surface area contributed by atoms with E-state index >= 15 is 0 Å². The molecule has 0 atom stereocenters. The molecule has 1 N–H and O–H groups in total. The maximum absolute atomic E-state index is 12.0. The summed E-state index contributed by atoms with van der Waals surface area (Å²) in [5.74, 6) is 0.396. The van der Waals surface area contributed by atoms with Gasteiger partial charge in [0.1, 0.15) is 0 Å². The number of hydrogen-bond acceptors (Lipinski definition) is 3. The highest BCUT2D eigenvalue weighted by atomic mass is 32.1. The average Bonchev–Trinajstić information content (AvgIpc) is 2.80. The lowest BCUT2D eigenvalue weighted by Gasteiger charge is -2.06. The van der Waals surface area contributed by atoms with Crippen molar-refractivity contribution in [3.63, 3.8) is 0 Å². The van der Waals surface area contributed by atoms with Gasteiger partial charge in [0.2, 0.25) is 5.91 Å². The van der Waals surface area contributed by atoms with E-state index in [-0.39, 0.29) is 5.91 Å². The molecule has 0 radical (unpaired) electrons. The van der Waals surface area contributed by atoms with Crippen LogP contribution in [0.25, 0.3) is 0 Å². The molecule has 2 aromatic rings. The fourth-order valence-electron chi connectivity index (χ4n) is 1.74. The maximum Gasteiger partial charge on any atom is 0.230 e. The molecule has 0 saturated carbocycles. The van der Waals surface area contributed by atoms with Crippen molar-refractivity contribution in [2.24, 2.45) is 0 Å². The highest BCUT2D eigenvalue weighted by Gasteiger charge is 2.10. The van der Waals surface area contributed by atoms with Crippen molar-refractivity contribution < 1.29 is 4.79 Å². The predicted octanol–water partition coefficient (Wildman–Crippen LogP) is 3.76. The molecular formula is C15H18N2OS. The van der Waals surface area contributed by atoms with Crippen molar-refractivity contribution in [3.05, 3.63) is 45.9 Å². The normalized spacial score (nSPS) is 10.7. The van der Waals surface area contributed by atoms with Gasteiger partial charge in [-0.25, -0.2) is 4.98 Å². The summed E-state index contributed by atoms with van der Waals surface area (Å²) in [6.07, 6.45) is 0.331. The summed E-state index contributed by atoms with van der Waals surface area (Å²) in [5, 5.41) is 5.97. The van der Waals surface area contributed by atoms with Crippen molar-refractivity contribution in [2.75, 3.05) is 5.32 Å². The highest BCUT2D eigenvalue weighted by molar-refractivity contribution is 7.09. The van der Waals surface area contributed by atoms with Gasteiger partial charge >= 0.3 is 0 Å². The third-order valence-electron chi connectivity index (χ3n) is 2.82. The van der Waals surface area contributed by atoms with Gasteiger partial charge in [-0.3, -0.25) is 4.79 Å². The van der Waals surface area contributed by atoms with E-state index in [2.05, 4.69) is 24.1 Å². The van der Waals surface area contributed by atoms with Gasteiger partial charge in [-0.2, -0.15) is 0 Å². The lowest BCUT2D eigenvalue weighted by atomic mass is 10.2. The Hall–Kier alpha value is -1.68. The Morgan fingerprint density at radius 1 is 1.37 bits per heavy atom. The Morgan fingerprint density at radius 3 is 2.74 bits per heavy atom. The topological polar surface area (TPSA) is 42.0 Å². The van der Waals surface area contributed by atoms with Crippen molar-refractivity contribution in [1.82, 2.24) is 4.98 Å². The largest absolute Gasteiger partial charge is 0.326 e. The third-order valence-corrected chi connectivity index (χ3v) is 4.02. The van der Waals surface area contributed by atoms with Crippen molar-refractivity contribution in [3.8, 4) is 0 Å². The van der Waals surface area contributed by atoms with Crippen molar-refractivity contribution >= 4 is 22.9 Å². The second-order valence-electron chi connectivity index (χ2n) is 4.87. The molecule has 4 heteroatoms. The number of aryl methyl sites for hydroxylation is 1. The minimum absolute atomic E-state index is 0.0186. The zero-order chi connectivity index (χ0) is 13.8. The fourth-order valence-corrected chi connectivity index (χ4v) is 2.58. The molecule has 0 unspecified atom stereocenters. The minimum atomic E-state index is -0.0186. The first-order valence-electron chi connectivity index (χ1n) is 6.36. The number of para-hydroxylation sites is 1. The number of nitrogens with one attached hydrogen (secondary N) is 1. The van der Waals surface area contributed by atoms with E-state index in [1.54, 1.807) is 11.3 Å². The molecule has 3 nitrogen and oxygen atoms in total. The van der Waals surface area contributed by atoms with E-state index in [0.29, 0.717) is 12.3 Å². The number of thiazole rings is 1. The van der Waals surface area contributed by atoms with E-state index in [4.69, 9.17) is 0 Å². The molecule has 0 bridgehead atoms. The number of carbonyl (C=O) groups is 1. The molecule has 100 valence electrons. The molecule has 0 spiro atoms. The van der Waals surface area contributed by atoms with Crippen LogP contribution >= 0.6 is 11.3 Å². The Balaban J connectivity index is 1.99. The number of nitrogens with zero attached hydrogens (tertiary/aromatic N) is 1. The van der Waals surface area contributed by atoms with Crippen LogP contribution in [0.15, 0.2) is 29.6 Å². The number of rotatable bonds is 4. The monoisotopic (exact) mass is 274 g/mol. The van der Waals surface area contributed by atoms with Crippen LogP contribution in [-0.4, -0.2) is 10.9 Å². The Bertz CT molecular complexity index is 575. The summed E-state index contributed by atoms with van der Waals surface area (Å²) in [4.78, 5) is 16.4. The smallest absolute Gasteiger partial charge is 0.230 e. The third kappa shape index (κ3) is 3.64. The molecule has 0 aliphatic rings. The van der Waals surface area contributed by atoms with Crippen LogP contribution in [0.4, 0.5) is 5.69 Å². The van der Waals surface area contributed by atoms with Crippen LogP contribution in [0.2, 0.25) is 0 Å². The first kappa shape index (κ1) is 13.7. The molecule has 2 rings (SSSR count).